The van der Waals surface area contributed by atoms with Gasteiger partial charge in [-0.05, 0) is 54.2 Å². The smallest absolute Gasteiger partial charge is 0.302 e. The fraction of sp³-hybridized carbons (Fsp3) is 0.500. The highest BCUT2D eigenvalue weighted by Gasteiger charge is 2.26. The third-order valence-corrected chi connectivity index (χ3v) is 5.85. The molecule has 0 aliphatic rings. The van der Waals surface area contributed by atoms with Crippen molar-refractivity contribution in [1.29, 1.82) is 0 Å². The molecule has 0 aliphatic carbocycles. The molecule has 0 aliphatic heterocycles. The number of carbonyl (C=O) groups excluding carboxylic acids is 1. The standard InChI is InChI=1S/C26H36O9/c1-16(28)35-15-20(9-18-12-23(31-4)26(34-7)24(13-18)32-5)19(14-27)8-17-10-21(29-2)25(33-6)22(11-17)30-3/h10-13,19-20,27H,8-9,14-15H2,1-7H3/t19-,20+/m1/s1. The number of rotatable bonds is 14. The highest BCUT2D eigenvalue weighted by molar-refractivity contribution is 5.65. The van der Waals surface area contributed by atoms with Crippen LogP contribution in [-0.2, 0) is 22.4 Å². The van der Waals surface area contributed by atoms with E-state index >= 15 is 0 Å². The molecule has 2 atom stereocenters. The van der Waals surface area contributed by atoms with Crippen LogP contribution >= 0.6 is 0 Å². The van der Waals surface area contributed by atoms with Gasteiger partial charge < -0.3 is 38.3 Å². The van der Waals surface area contributed by atoms with E-state index in [1.54, 1.807) is 42.7 Å². The Balaban J connectivity index is 2.42. The van der Waals surface area contributed by atoms with Gasteiger partial charge in [0.05, 0.1) is 49.3 Å². The predicted octanol–water partition coefficient (Wildman–Crippen LogP) is 3.31. The lowest BCUT2D eigenvalue weighted by molar-refractivity contribution is -0.143. The molecule has 1 N–H and O–H groups in total. The van der Waals surface area contributed by atoms with Crippen molar-refractivity contribution in [2.24, 2.45) is 11.8 Å². The van der Waals surface area contributed by atoms with Crippen molar-refractivity contribution in [3.8, 4) is 34.5 Å². The van der Waals surface area contributed by atoms with Gasteiger partial charge in [-0.25, -0.2) is 0 Å². The number of carbonyl (C=O) groups is 1. The minimum Gasteiger partial charge on any atom is -0.493 e. The van der Waals surface area contributed by atoms with Gasteiger partial charge in [0.1, 0.15) is 0 Å². The molecule has 0 heterocycles. The Labute approximate surface area is 206 Å². The molecular weight excluding hydrogens is 456 g/mol. The zero-order chi connectivity index (χ0) is 26.0. The van der Waals surface area contributed by atoms with E-state index < -0.39 is 0 Å². The summed E-state index contributed by atoms with van der Waals surface area (Å²) in [6.07, 6.45) is 0.989. The Hall–Kier alpha value is -3.33. The van der Waals surface area contributed by atoms with Crippen LogP contribution in [0.2, 0.25) is 0 Å². The van der Waals surface area contributed by atoms with Gasteiger partial charge in [0, 0.05) is 19.4 Å². The molecule has 0 aromatic heterocycles. The lowest BCUT2D eigenvalue weighted by Gasteiger charge is -2.26. The molecular formula is C26H36O9. The van der Waals surface area contributed by atoms with Gasteiger partial charge in [0.25, 0.3) is 0 Å². The Morgan fingerprint density at radius 2 is 1.06 bits per heavy atom. The van der Waals surface area contributed by atoms with E-state index in [4.69, 9.17) is 33.2 Å². The Morgan fingerprint density at radius 1 is 0.686 bits per heavy atom. The van der Waals surface area contributed by atoms with Crippen LogP contribution < -0.4 is 28.4 Å². The molecule has 0 amide bonds. The lowest BCUT2D eigenvalue weighted by Crippen LogP contribution is -2.28. The molecule has 2 aromatic rings. The first-order valence-electron chi connectivity index (χ1n) is 11.2. The van der Waals surface area contributed by atoms with Crippen LogP contribution in [0.15, 0.2) is 24.3 Å². The normalized spacial score (nSPS) is 12.3. The monoisotopic (exact) mass is 492 g/mol. The molecule has 9 nitrogen and oxygen atoms in total. The number of ether oxygens (including phenoxy) is 7. The van der Waals surface area contributed by atoms with Crippen LogP contribution in [-0.4, -0.2) is 66.9 Å². The van der Waals surface area contributed by atoms with Crippen LogP contribution in [0.5, 0.6) is 34.5 Å². The van der Waals surface area contributed by atoms with E-state index in [1.165, 1.54) is 6.92 Å². The molecule has 0 saturated heterocycles. The van der Waals surface area contributed by atoms with Crippen LogP contribution in [0.3, 0.4) is 0 Å². The van der Waals surface area contributed by atoms with E-state index in [1.807, 2.05) is 24.3 Å². The number of esters is 1. The Bertz CT molecular complexity index is 923. The molecule has 0 saturated carbocycles. The SMILES string of the molecule is COc1cc(C[C@@H](COC(C)=O)[C@@H](CO)Cc2cc(OC)c(OC)c(OC)c2)cc(OC)c1OC. The predicted molar refractivity (Wildman–Crippen MR) is 130 cm³/mol. The van der Waals surface area contributed by atoms with Gasteiger partial charge in [0.2, 0.25) is 11.5 Å². The quantitative estimate of drug-likeness (QED) is 0.398. The second kappa shape index (κ2) is 13.5. The third kappa shape index (κ3) is 7.08. The lowest BCUT2D eigenvalue weighted by atomic mass is 9.83. The van der Waals surface area contributed by atoms with Crippen molar-refractivity contribution >= 4 is 5.97 Å². The minimum atomic E-state index is -0.385. The first-order valence-corrected chi connectivity index (χ1v) is 11.2. The first-order chi connectivity index (χ1) is 16.8. The van der Waals surface area contributed by atoms with Crippen molar-refractivity contribution in [3.63, 3.8) is 0 Å². The van der Waals surface area contributed by atoms with Crippen LogP contribution in [0.1, 0.15) is 18.1 Å². The molecule has 0 spiro atoms. The third-order valence-electron chi connectivity index (χ3n) is 5.85. The highest BCUT2D eigenvalue weighted by Crippen LogP contribution is 2.41. The second-order valence-corrected chi connectivity index (χ2v) is 7.98. The van der Waals surface area contributed by atoms with Crippen LogP contribution in [0, 0.1) is 11.8 Å². The van der Waals surface area contributed by atoms with E-state index in [-0.39, 0.29) is 31.0 Å². The number of hydrogen-bond acceptors (Lipinski definition) is 9. The molecule has 9 heteroatoms. The van der Waals surface area contributed by atoms with Crippen LogP contribution in [0.25, 0.3) is 0 Å². The topological polar surface area (TPSA) is 102 Å². The summed E-state index contributed by atoms with van der Waals surface area (Å²) in [6, 6.07) is 7.42. The van der Waals surface area contributed by atoms with Crippen LogP contribution in [0.4, 0.5) is 0 Å². The van der Waals surface area contributed by atoms with Crippen molar-refractivity contribution in [2.75, 3.05) is 55.9 Å². The van der Waals surface area contributed by atoms with Gasteiger partial charge in [-0.15, -0.1) is 0 Å². The fourth-order valence-corrected chi connectivity index (χ4v) is 4.08. The summed E-state index contributed by atoms with van der Waals surface area (Å²) in [5, 5.41) is 10.3. The van der Waals surface area contributed by atoms with Crippen molar-refractivity contribution in [1.82, 2.24) is 0 Å². The molecule has 0 fully saturated rings. The van der Waals surface area contributed by atoms with E-state index in [0.717, 1.165) is 11.1 Å². The summed E-state index contributed by atoms with van der Waals surface area (Å²) in [4.78, 5) is 11.6. The molecule has 0 radical (unpaired) electrons. The zero-order valence-corrected chi connectivity index (χ0v) is 21.5. The Morgan fingerprint density at radius 3 is 1.34 bits per heavy atom. The van der Waals surface area contributed by atoms with Gasteiger partial charge in [-0.3, -0.25) is 4.79 Å². The van der Waals surface area contributed by atoms with Gasteiger partial charge in [0.15, 0.2) is 23.0 Å². The summed E-state index contributed by atoms with van der Waals surface area (Å²) in [5.41, 5.74) is 1.77. The summed E-state index contributed by atoms with van der Waals surface area (Å²) >= 11 is 0. The summed E-state index contributed by atoms with van der Waals surface area (Å²) in [5.74, 6) is 2.27. The average molecular weight is 493 g/mol. The van der Waals surface area contributed by atoms with Crippen molar-refractivity contribution in [2.45, 2.75) is 19.8 Å². The summed E-state index contributed by atoms with van der Waals surface area (Å²) < 4.78 is 38.1. The zero-order valence-electron chi connectivity index (χ0n) is 21.5. The maximum atomic E-state index is 11.6. The number of aliphatic hydroxyl groups is 1. The van der Waals surface area contributed by atoms with Gasteiger partial charge in [-0.2, -0.15) is 0 Å². The molecule has 0 unspecified atom stereocenters. The Kier molecular flexibility index (Phi) is 10.8. The summed E-state index contributed by atoms with van der Waals surface area (Å²) in [7, 11) is 9.31. The number of aliphatic hydroxyl groups excluding tert-OH is 1. The van der Waals surface area contributed by atoms with E-state index in [0.29, 0.717) is 47.3 Å². The average Bonchev–Trinajstić information content (AvgIpc) is 2.87. The van der Waals surface area contributed by atoms with Crippen molar-refractivity contribution in [3.05, 3.63) is 35.4 Å². The molecule has 0 bridgehead atoms. The summed E-state index contributed by atoms with van der Waals surface area (Å²) in [6.45, 7) is 1.39. The molecule has 35 heavy (non-hydrogen) atoms. The number of methoxy groups -OCH3 is 6. The second-order valence-electron chi connectivity index (χ2n) is 7.98. The van der Waals surface area contributed by atoms with Gasteiger partial charge in [-0.1, -0.05) is 0 Å². The molecule has 2 aromatic carbocycles. The van der Waals surface area contributed by atoms with E-state index in [9.17, 15) is 9.90 Å². The highest BCUT2D eigenvalue weighted by atomic mass is 16.5. The number of benzene rings is 2. The van der Waals surface area contributed by atoms with Gasteiger partial charge >= 0.3 is 5.97 Å². The fourth-order valence-electron chi connectivity index (χ4n) is 4.08. The maximum absolute atomic E-state index is 11.6. The van der Waals surface area contributed by atoms with Crippen molar-refractivity contribution < 1.29 is 43.1 Å². The molecule has 2 rings (SSSR count). The molecule has 194 valence electrons. The maximum Gasteiger partial charge on any atom is 0.302 e. The minimum absolute atomic E-state index is 0.118. The van der Waals surface area contributed by atoms with E-state index in [2.05, 4.69) is 0 Å². The number of hydrogen-bond donors (Lipinski definition) is 1. The first kappa shape index (κ1) is 27.9. The largest absolute Gasteiger partial charge is 0.493 e.